The van der Waals surface area contributed by atoms with Gasteiger partial charge in [-0.05, 0) is 30.2 Å². The molecule has 0 aliphatic rings. The van der Waals surface area contributed by atoms with Crippen LogP contribution in [0.15, 0.2) is 54.6 Å². The third-order valence-corrected chi connectivity index (χ3v) is 5.07. The molecule has 32 heavy (non-hydrogen) atoms. The number of halogens is 3. The van der Waals surface area contributed by atoms with Crippen LogP contribution in [0.3, 0.4) is 0 Å². The molecule has 172 valence electrons. The zero-order chi connectivity index (χ0) is 23.9. The molecule has 2 N–H and O–H groups in total. The Kier molecular flexibility index (Phi) is 8.40. The summed E-state index contributed by atoms with van der Waals surface area (Å²) >= 11 is 0. The van der Waals surface area contributed by atoms with Gasteiger partial charge < -0.3 is 15.5 Å². The molecule has 0 aliphatic heterocycles. The molecule has 0 aliphatic carbocycles. The summed E-state index contributed by atoms with van der Waals surface area (Å²) in [5.41, 5.74) is -0.977. The zero-order valence-corrected chi connectivity index (χ0v) is 18.1. The van der Waals surface area contributed by atoms with Gasteiger partial charge in [0.2, 0.25) is 11.8 Å². The maximum absolute atomic E-state index is 13.1. The Morgan fingerprint density at radius 1 is 1.00 bits per heavy atom. The Labute approximate surface area is 184 Å². The van der Waals surface area contributed by atoms with Crippen LogP contribution in [-0.2, 0) is 15.8 Å². The molecule has 6 nitrogen and oxygen atoms in total. The molecule has 2 aromatic carbocycles. The molecule has 0 saturated heterocycles. The monoisotopic (exact) mass is 449 g/mol. The molecule has 2 atom stereocenters. The Hall–Kier alpha value is -3.36. The lowest BCUT2D eigenvalue weighted by Crippen LogP contribution is -2.52. The molecular formula is C23H26F3N3O3. The van der Waals surface area contributed by atoms with Crippen molar-refractivity contribution in [1.29, 1.82) is 0 Å². The standard InChI is InChI=1S/C23H26F3N3O3/c1-4-15(2)20(28-21(31)16-10-6-5-7-11-16)22(32)29(3)14-19(30)27-18-13-9-8-12-17(18)23(24,25)26/h5-13,15,20H,4,14H2,1-3H3,(H,27,30)(H,28,31)/t15-,20-/m0/s1. The van der Waals surface area contributed by atoms with Crippen molar-refractivity contribution < 1.29 is 27.6 Å². The van der Waals surface area contributed by atoms with E-state index in [0.717, 1.165) is 17.0 Å². The minimum Gasteiger partial charge on any atom is -0.340 e. The van der Waals surface area contributed by atoms with E-state index in [0.29, 0.717) is 12.0 Å². The van der Waals surface area contributed by atoms with Crippen molar-refractivity contribution in [3.05, 3.63) is 65.7 Å². The number of amides is 3. The molecule has 3 amide bonds. The highest BCUT2D eigenvalue weighted by atomic mass is 19.4. The Morgan fingerprint density at radius 2 is 1.59 bits per heavy atom. The van der Waals surface area contributed by atoms with Gasteiger partial charge in [0.1, 0.15) is 6.04 Å². The average Bonchev–Trinajstić information content (AvgIpc) is 2.76. The van der Waals surface area contributed by atoms with Crippen LogP contribution in [0.1, 0.15) is 36.2 Å². The Balaban J connectivity index is 2.09. The molecule has 0 heterocycles. The summed E-state index contributed by atoms with van der Waals surface area (Å²) in [5.74, 6) is -1.95. The maximum Gasteiger partial charge on any atom is 0.418 e. The van der Waals surface area contributed by atoms with E-state index in [9.17, 15) is 27.6 Å². The first kappa shape index (κ1) is 24.9. The molecule has 2 aromatic rings. The SMILES string of the molecule is CC[C@H](C)[C@H](NC(=O)c1ccccc1)C(=O)N(C)CC(=O)Nc1ccccc1C(F)(F)F. The van der Waals surface area contributed by atoms with Gasteiger partial charge >= 0.3 is 6.18 Å². The first-order chi connectivity index (χ1) is 15.0. The molecule has 0 fully saturated rings. The van der Waals surface area contributed by atoms with Crippen molar-refractivity contribution in [3.8, 4) is 0 Å². The highest BCUT2D eigenvalue weighted by molar-refractivity contribution is 5.99. The summed E-state index contributed by atoms with van der Waals surface area (Å²) in [6, 6.07) is 12.1. The number of nitrogens with one attached hydrogen (secondary N) is 2. The Morgan fingerprint density at radius 3 is 2.19 bits per heavy atom. The second-order valence-corrected chi connectivity index (χ2v) is 7.49. The van der Waals surface area contributed by atoms with Crippen LogP contribution in [-0.4, -0.2) is 42.3 Å². The Bertz CT molecular complexity index is 948. The van der Waals surface area contributed by atoms with E-state index in [2.05, 4.69) is 10.6 Å². The third kappa shape index (κ3) is 6.57. The summed E-state index contributed by atoms with van der Waals surface area (Å²) in [5, 5.41) is 4.92. The van der Waals surface area contributed by atoms with E-state index in [1.165, 1.54) is 19.2 Å². The lowest BCUT2D eigenvalue weighted by Gasteiger charge is -2.28. The second kappa shape index (κ2) is 10.8. The number of hydrogen-bond donors (Lipinski definition) is 2. The number of rotatable bonds is 8. The highest BCUT2D eigenvalue weighted by Crippen LogP contribution is 2.34. The zero-order valence-electron chi connectivity index (χ0n) is 18.1. The fourth-order valence-electron chi connectivity index (χ4n) is 3.06. The minimum atomic E-state index is -4.63. The molecule has 0 spiro atoms. The summed E-state index contributed by atoms with van der Waals surface area (Å²) in [6.45, 7) is 3.18. The van der Waals surface area contributed by atoms with Crippen molar-refractivity contribution in [2.24, 2.45) is 5.92 Å². The molecule has 0 aromatic heterocycles. The quantitative estimate of drug-likeness (QED) is 0.641. The van der Waals surface area contributed by atoms with Crippen molar-refractivity contribution in [2.45, 2.75) is 32.5 Å². The van der Waals surface area contributed by atoms with E-state index in [-0.39, 0.29) is 11.6 Å². The number of anilines is 1. The summed E-state index contributed by atoms with van der Waals surface area (Å²) in [6.07, 6.45) is -4.04. The van der Waals surface area contributed by atoms with Crippen molar-refractivity contribution in [1.82, 2.24) is 10.2 Å². The predicted molar refractivity (Wildman–Crippen MR) is 115 cm³/mol. The molecule has 0 saturated carbocycles. The first-order valence-corrected chi connectivity index (χ1v) is 10.1. The van der Waals surface area contributed by atoms with Gasteiger partial charge in [0.05, 0.1) is 17.8 Å². The number of hydrogen-bond acceptors (Lipinski definition) is 3. The molecule has 0 unspecified atom stereocenters. The van der Waals surface area contributed by atoms with Crippen molar-refractivity contribution >= 4 is 23.4 Å². The smallest absolute Gasteiger partial charge is 0.340 e. The van der Waals surface area contributed by atoms with Gasteiger partial charge in [-0.15, -0.1) is 0 Å². The molecular weight excluding hydrogens is 423 g/mol. The summed E-state index contributed by atoms with van der Waals surface area (Å²) < 4.78 is 39.4. The van der Waals surface area contributed by atoms with Gasteiger partial charge in [0, 0.05) is 12.6 Å². The fraction of sp³-hybridized carbons (Fsp3) is 0.348. The van der Waals surface area contributed by atoms with Gasteiger partial charge in [0.15, 0.2) is 0 Å². The number of carbonyl (C=O) groups is 3. The number of nitrogens with zero attached hydrogens (tertiary/aromatic N) is 1. The number of carbonyl (C=O) groups excluding carboxylic acids is 3. The second-order valence-electron chi connectivity index (χ2n) is 7.49. The van der Waals surface area contributed by atoms with E-state index in [1.54, 1.807) is 37.3 Å². The van der Waals surface area contributed by atoms with E-state index in [4.69, 9.17) is 0 Å². The van der Waals surface area contributed by atoms with Crippen molar-refractivity contribution in [3.63, 3.8) is 0 Å². The third-order valence-electron chi connectivity index (χ3n) is 5.07. The molecule has 2 rings (SSSR count). The normalized spacial score (nSPS) is 13.1. The van der Waals surface area contributed by atoms with Gasteiger partial charge in [-0.25, -0.2) is 0 Å². The minimum absolute atomic E-state index is 0.230. The first-order valence-electron chi connectivity index (χ1n) is 10.1. The van der Waals surface area contributed by atoms with Crippen LogP contribution >= 0.6 is 0 Å². The van der Waals surface area contributed by atoms with Crippen LogP contribution in [0.25, 0.3) is 0 Å². The van der Waals surface area contributed by atoms with E-state index in [1.807, 2.05) is 6.92 Å². The van der Waals surface area contributed by atoms with Gasteiger partial charge in [-0.2, -0.15) is 13.2 Å². The van der Waals surface area contributed by atoms with Crippen LogP contribution < -0.4 is 10.6 Å². The van der Waals surface area contributed by atoms with Crippen LogP contribution in [0.5, 0.6) is 0 Å². The van der Waals surface area contributed by atoms with E-state index >= 15 is 0 Å². The van der Waals surface area contributed by atoms with Gasteiger partial charge in [0.25, 0.3) is 5.91 Å². The predicted octanol–water partition coefficient (Wildman–Crippen LogP) is 3.95. The van der Waals surface area contributed by atoms with Crippen LogP contribution in [0.4, 0.5) is 18.9 Å². The largest absolute Gasteiger partial charge is 0.418 e. The van der Waals surface area contributed by atoms with E-state index < -0.39 is 42.0 Å². The van der Waals surface area contributed by atoms with Crippen molar-refractivity contribution in [2.75, 3.05) is 18.9 Å². The molecule has 0 radical (unpaired) electrons. The number of likely N-dealkylation sites (N-methyl/N-ethyl adjacent to an activating group) is 1. The van der Waals surface area contributed by atoms with Crippen LogP contribution in [0.2, 0.25) is 0 Å². The molecule has 0 bridgehead atoms. The summed E-state index contributed by atoms with van der Waals surface area (Å²) in [7, 11) is 1.36. The highest BCUT2D eigenvalue weighted by Gasteiger charge is 2.34. The maximum atomic E-state index is 13.1. The number of alkyl halides is 3. The number of para-hydroxylation sites is 1. The van der Waals surface area contributed by atoms with Gasteiger partial charge in [-0.3, -0.25) is 14.4 Å². The average molecular weight is 449 g/mol. The van der Waals surface area contributed by atoms with Crippen LogP contribution in [0, 0.1) is 5.92 Å². The lowest BCUT2D eigenvalue weighted by molar-refractivity contribution is -0.137. The molecule has 9 heteroatoms. The topological polar surface area (TPSA) is 78.5 Å². The van der Waals surface area contributed by atoms with Gasteiger partial charge in [-0.1, -0.05) is 50.6 Å². The number of benzene rings is 2. The lowest BCUT2D eigenvalue weighted by atomic mass is 9.97. The fourth-order valence-corrected chi connectivity index (χ4v) is 3.06. The summed E-state index contributed by atoms with van der Waals surface area (Å²) in [4.78, 5) is 38.9.